The lowest BCUT2D eigenvalue weighted by Crippen LogP contribution is -2.47. The van der Waals surface area contributed by atoms with E-state index >= 15 is 0 Å². The lowest BCUT2D eigenvalue weighted by molar-refractivity contribution is 0.356. The van der Waals surface area contributed by atoms with Gasteiger partial charge >= 0.3 is 0 Å². The number of ether oxygens (including phenoxy) is 2. The van der Waals surface area contributed by atoms with E-state index in [-0.39, 0.29) is 18.0 Å². The second kappa shape index (κ2) is 8.62. The summed E-state index contributed by atoms with van der Waals surface area (Å²) in [6, 6.07) is 3.59. The zero-order valence-corrected chi connectivity index (χ0v) is 19.2. The number of anilines is 3. The Morgan fingerprint density at radius 2 is 1.58 bits per heavy atom. The van der Waals surface area contributed by atoms with Crippen molar-refractivity contribution in [3.8, 4) is 11.5 Å². The first kappa shape index (κ1) is 22.4. The van der Waals surface area contributed by atoms with Crippen molar-refractivity contribution in [2.75, 3.05) is 55.9 Å². The minimum absolute atomic E-state index is 0. The van der Waals surface area contributed by atoms with Crippen LogP contribution < -0.4 is 30.6 Å². The molecule has 5 rings (SSSR count). The number of aromatic amines is 1. The number of nitrogens with zero attached hydrogens (tertiary/aromatic N) is 7. The van der Waals surface area contributed by atoms with Crippen LogP contribution in [0.25, 0.3) is 21.9 Å². The number of nitrogens with two attached hydrogens (primary N) is 1. The predicted octanol–water partition coefficient (Wildman–Crippen LogP) is 0.948. The fourth-order valence-electron chi connectivity index (χ4n) is 3.87. The smallest absolute Gasteiger partial charge is 0.277 e. The zero-order valence-electron chi connectivity index (χ0n) is 18.4. The quantitative estimate of drug-likeness (QED) is 0.440. The Hall–Kier alpha value is -3.80. The van der Waals surface area contributed by atoms with Crippen LogP contribution in [0.1, 0.15) is 0 Å². The van der Waals surface area contributed by atoms with Crippen molar-refractivity contribution in [3.05, 3.63) is 28.7 Å². The number of methoxy groups -OCH3 is 2. The summed E-state index contributed by atoms with van der Waals surface area (Å²) in [4.78, 5) is 34.3. The van der Waals surface area contributed by atoms with Crippen LogP contribution in [0.3, 0.4) is 0 Å². The summed E-state index contributed by atoms with van der Waals surface area (Å²) in [5.41, 5.74) is 7.30. The highest BCUT2D eigenvalue weighted by Gasteiger charge is 2.23. The monoisotopic (exact) mass is 473 g/mol. The first-order valence-electron chi connectivity index (χ1n) is 10.1. The van der Waals surface area contributed by atoms with Crippen LogP contribution in [0, 0.1) is 0 Å². The molecule has 33 heavy (non-hydrogen) atoms. The number of halogens is 1. The van der Waals surface area contributed by atoms with Gasteiger partial charge in [-0.15, -0.1) is 12.4 Å². The average molecular weight is 474 g/mol. The van der Waals surface area contributed by atoms with E-state index in [1.165, 1.54) is 4.68 Å². The van der Waals surface area contributed by atoms with E-state index in [2.05, 4.69) is 29.9 Å². The molecule has 1 aromatic carbocycles. The molecule has 0 atom stereocenters. The Morgan fingerprint density at radius 1 is 0.939 bits per heavy atom. The SMILES string of the molecule is COc1cc2nc(N3CCN(c4ncc5c(=O)n(C)[nH]c5n4)CC3)nc(N)c2cc1OC.Cl. The number of piperazine rings is 1. The Bertz CT molecular complexity index is 1380. The summed E-state index contributed by atoms with van der Waals surface area (Å²) < 4.78 is 12.1. The Morgan fingerprint density at radius 3 is 2.24 bits per heavy atom. The second-order valence-electron chi connectivity index (χ2n) is 7.52. The molecule has 0 aliphatic carbocycles. The van der Waals surface area contributed by atoms with E-state index in [0.29, 0.717) is 77.3 Å². The van der Waals surface area contributed by atoms with Crippen LogP contribution in [-0.2, 0) is 7.05 Å². The molecule has 0 bridgehead atoms. The fourth-order valence-corrected chi connectivity index (χ4v) is 3.87. The molecule has 0 saturated carbocycles. The lowest BCUT2D eigenvalue weighted by atomic mass is 10.2. The number of hydrogen-bond donors (Lipinski definition) is 2. The molecule has 0 unspecified atom stereocenters. The van der Waals surface area contributed by atoms with Gasteiger partial charge in [0.15, 0.2) is 17.1 Å². The van der Waals surface area contributed by atoms with Crippen molar-refractivity contribution in [3.63, 3.8) is 0 Å². The van der Waals surface area contributed by atoms with E-state index in [1.54, 1.807) is 39.6 Å². The summed E-state index contributed by atoms with van der Waals surface area (Å²) in [7, 11) is 4.81. The van der Waals surface area contributed by atoms with E-state index in [4.69, 9.17) is 20.2 Å². The van der Waals surface area contributed by atoms with Crippen molar-refractivity contribution in [1.29, 1.82) is 0 Å². The van der Waals surface area contributed by atoms with Crippen LogP contribution >= 0.6 is 12.4 Å². The maximum atomic E-state index is 12.0. The molecule has 12 nitrogen and oxygen atoms in total. The van der Waals surface area contributed by atoms with Crippen LogP contribution in [0.4, 0.5) is 17.7 Å². The van der Waals surface area contributed by atoms with E-state index in [9.17, 15) is 4.79 Å². The number of nitrogens with one attached hydrogen (secondary N) is 1. The molecule has 0 spiro atoms. The molecular formula is C20H24ClN9O3. The van der Waals surface area contributed by atoms with Gasteiger partial charge in [0.05, 0.1) is 19.7 Å². The molecular weight excluding hydrogens is 450 g/mol. The van der Waals surface area contributed by atoms with Crippen LogP contribution in [0.15, 0.2) is 23.1 Å². The number of aryl methyl sites for hydroxylation is 1. The first-order valence-corrected chi connectivity index (χ1v) is 10.1. The number of nitrogen functional groups attached to an aromatic ring is 1. The van der Waals surface area contributed by atoms with Gasteiger partial charge in [-0.25, -0.2) is 9.97 Å². The molecule has 0 radical (unpaired) electrons. The van der Waals surface area contributed by atoms with Crippen molar-refractivity contribution < 1.29 is 9.47 Å². The Labute approximate surface area is 194 Å². The van der Waals surface area contributed by atoms with E-state index < -0.39 is 0 Å². The molecule has 1 saturated heterocycles. The minimum atomic E-state index is -0.142. The van der Waals surface area contributed by atoms with Crippen molar-refractivity contribution in [2.24, 2.45) is 7.05 Å². The molecule has 1 aliphatic rings. The van der Waals surface area contributed by atoms with Crippen LogP contribution in [-0.4, -0.2) is 70.1 Å². The van der Waals surface area contributed by atoms with Gasteiger partial charge in [-0.2, -0.15) is 9.97 Å². The number of fused-ring (bicyclic) bond motifs is 2. The number of benzene rings is 1. The molecule has 13 heteroatoms. The van der Waals surface area contributed by atoms with Gasteiger partial charge in [0, 0.05) is 50.9 Å². The Balaban J connectivity index is 0.00000259. The maximum Gasteiger partial charge on any atom is 0.277 e. The van der Waals surface area contributed by atoms with Gasteiger partial charge in [0.25, 0.3) is 5.56 Å². The van der Waals surface area contributed by atoms with Crippen LogP contribution in [0.2, 0.25) is 0 Å². The predicted molar refractivity (Wildman–Crippen MR) is 128 cm³/mol. The summed E-state index contributed by atoms with van der Waals surface area (Å²) in [6.45, 7) is 2.70. The van der Waals surface area contributed by atoms with Gasteiger partial charge in [-0.1, -0.05) is 0 Å². The number of rotatable bonds is 4. The van der Waals surface area contributed by atoms with Gasteiger partial charge in [-0.05, 0) is 6.07 Å². The highest BCUT2D eigenvalue weighted by Crippen LogP contribution is 2.34. The van der Waals surface area contributed by atoms with Gasteiger partial charge in [0.2, 0.25) is 11.9 Å². The minimum Gasteiger partial charge on any atom is -0.493 e. The van der Waals surface area contributed by atoms with E-state index in [1.807, 2.05) is 0 Å². The summed E-state index contributed by atoms with van der Waals surface area (Å²) >= 11 is 0. The standard InChI is InChI=1S/C20H23N9O3.ClH/c1-27-18(30)12-10-22-19(25-17(12)26-27)28-4-6-29(7-5-28)20-23-13-9-15(32-3)14(31-2)8-11(13)16(21)24-20;/h8-10H,4-7H2,1-3H3,(H2,21,23,24)(H,22,25,26);1H. The third-order valence-corrected chi connectivity index (χ3v) is 5.65. The molecule has 3 N–H and O–H groups in total. The van der Waals surface area contributed by atoms with Crippen molar-refractivity contribution >= 4 is 52.1 Å². The largest absolute Gasteiger partial charge is 0.493 e. The molecule has 3 aromatic heterocycles. The van der Waals surface area contributed by atoms with Crippen molar-refractivity contribution in [1.82, 2.24) is 29.7 Å². The number of hydrogen-bond acceptors (Lipinski definition) is 10. The highest BCUT2D eigenvalue weighted by molar-refractivity contribution is 5.91. The normalized spacial score (nSPS) is 13.9. The summed E-state index contributed by atoms with van der Waals surface area (Å²) in [5, 5.41) is 4.13. The lowest BCUT2D eigenvalue weighted by Gasteiger charge is -2.34. The molecule has 1 aliphatic heterocycles. The number of H-pyrrole nitrogens is 1. The summed E-state index contributed by atoms with van der Waals surface area (Å²) in [6.07, 6.45) is 1.57. The molecule has 4 heterocycles. The van der Waals surface area contributed by atoms with Gasteiger partial charge < -0.3 is 25.0 Å². The first-order chi connectivity index (χ1) is 15.5. The summed E-state index contributed by atoms with van der Waals surface area (Å²) in [5.74, 6) is 2.68. The van der Waals surface area contributed by atoms with Gasteiger partial charge in [-0.3, -0.25) is 14.6 Å². The molecule has 1 fully saturated rings. The third-order valence-electron chi connectivity index (χ3n) is 5.65. The van der Waals surface area contributed by atoms with Crippen molar-refractivity contribution in [2.45, 2.75) is 0 Å². The average Bonchev–Trinajstić information content (AvgIpc) is 3.11. The topological polar surface area (TPSA) is 140 Å². The maximum absolute atomic E-state index is 12.0. The molecule has 0 amide bonds. The number of aromatic nitrogens is 6. The highest BCUT2D eigenvalue weighted by atomic mass is 35.5. The van der Waals surface area contributed by atoms with E-state index in [0.717, 1.165) is 0 Å². The fraction of sp³-hybridized carbons (Fsp3) is 0.350. The Kier molecular flexibility index (Phi) is 5.85. The van der Waals surface area contributed by atoms with Crippen LogP contribution in [0.5, 0.6) is 11.5 Å². The second-order valence-corrected chi connectivity index (χ2v) is 7.52. The zero-order chi connectivity index (χ0) is 22.4. The van der Waals surface area contributed by atoms with Gasteiger partial charge in [0.1, 0.15) is 11.2 Å². The molecule has 4 aromatic rings. The molecule has 174 valence electrons. The third kappa shape index (κ3) is 3.82.